The van der Waals surface area contributed by atoms with Crippen molar-refractivity contribution in [2.24, 2.45) is 0 Å². The summed E-state index contributed by atoms with van der Waals surface area (Å²) in [5.74, 6) is -0.465. The van der Waals surface area contributed by atoms with Crippen molar-refractivity contribution in [3.63, 3.8) is 0 Å². The van der Waals surface area contributed by atoms with Crippen LogP contribution in [0.1, 0.15) is 43.6 Å². The first-order chi connectivity index (χ1) is 14.5. The second kappa shape index (κ2) is 7.83. The number of para-hydroxylation sites is 1. The number of hydrogen-bond acceptors (Lipinski definition) is 4. The van der Waals surface area contributed by atoms with Crippen molar-refractivity contribution < 1.29 is 19.1 Å². The van der Waals surface area contributed by atoms with Gasteiger partial charge in [0.15, 0.2) is 0 Å². The summed E-state index contributed by atoms with van der Waals surface area (Å²) < 4.78 is 5.39. The Labute approximate surface area is 174 Å². The van der Waals surface area contributed by atoms with Crippen molar-refractivity contribution >= 4 is 29.1 Å². The molecule has 3 amide bonds. The Kier molecular flexibility index (Phi) is 5.06. The van der Waals surface area contributed by atoms with Crippen molar-refractivity contribution in [3.05, 3.63) is 89.0 Å². The fraction of sp³-hybridized carbons (Fsp3) is 0.125. The molecular formula is C24H20N2O4. The van der Waals surface area contributed by atoms with Crippen molar-refractivity contribution in [1.29, 1.82) is 0 Å². The molecule has 6 heteroatoms. The van der Waals surface area contributed by atoms with E-state index < -0.39 is 5.91 Å². The third kappa shape index (κ3) is 3.43. The van der Waals surface area contributed by atoms with Crippen LogP contribution in [0, 0.1) is 6.92 Å². The van der Waals surface area contributed by atoms with Gasteiger partial charge in [-0.15, -0.1) is 0 Å². The van der Waals surface area contributed by atoms with Gasteiger partial charge in [-0.3, -0.25) is 14.4 Å². The van der Waals surface area contributed by atoms with E-state index in [0.717, 1.165) is 10.5 Å². The number of imide groups is 1. The minimum atomic E-state index is -0.431. The van der Waals surface area contributed by atoms with Gasteiger partial charge in [0.25, 0.3) is 17.7 Å². The highest BCUT2D eigenvalue weighted by atomic mass is 16.5. The lowest BCUT2D eigenvalue weighted by Crippen LogP contribution is -2.29. The molecule has 0 radical (unpaired) electrons. The fourth-order valence-corrected chi connectivity index (χ4v) is 3.42. The zero-order chi connectivity index (χ0) is 21.3. The minimum absolute atomic E-state index is 0.225. The van der Waals surface area contributed by atoms with E-state index in [0.29, 0.717) is 34.9 Å². The molecule has 0 bridgehead atoms. The first kappa shape index (κ1) is 19.4. The van der Waals surface area contributed by atoms with Crippen LogP contribution < -0.4 is 15.0 Å². The number of fused-ring (bicyclic) bond motifs is 1. The largest absolute Gasteiger partial charge is 0.494 e. The van der Waals surface area contributed by atoms with Crippen LogP contribution in [0.5, 0.6) is 5.75 Å². The van der Waals surface area contributed by atoms with Gasteiger partial charge in [-0.2, -0.15) is 0 Å². The van der Waals surface area contributed by atoms with Crippen LogP contribution >= 0.6 is 0 Å². The second-order valence-corrected chi connectivity index (χ2v) is 6.90. The molecule has 0 aromatic heterocycles. The molecule has 30 heavy (non-hydrogen) atoms. The number of amides is 3. The summed E-state index contributed by atoms with van der Waals surface area (Å²) >= 11 is 0. The van der Waals surface area contributed by atoms with E-state index >= 15 is 0 Å². The van der Waals surface area contributed by atoms with E-state index in [1.807, 2.05) is 26.0 Å². The van der Waals surface area contributed by atoms with Gasteiger partial charge in [0.1, 0.15) is 5.75 Å². The number of carbonyl (C=O) groups is 3. The number of nitrogens with zero attached hydrogens (tertiary/aromatic N) is 1. The molecule has 0 fully saturated rings. The van der Waals surface area contributed by atoms with Crippen LogP contribution in [0.2, 0.25) is 0 Å². The maximum absolute atomic E-state index is 13.0. The van der Waals surface area contributed by atoms with Crippen LogP contribution in [-0.4, -0.2) is 24.3 Å². The Morgan fingerprint density at radius 3 is 2.33 bits per heavy atom. The number of aryl methyl sites for hydroxylation is 1. The molecule has 1 aliphatic rings. The highest BCUT2D eigenvalue weighted by Crippen LogP contribution is 2.31. The molecule has 1 heterocycles. The van der Waals surface area contributed by atoms with Gasteiger partial charge in [0.2, 0.25) is 0 Å². The molecule has 0 unspecified atom stereocenters. The lowest BCUT2D eigenvalue weighted by molar-refractivity contribution is 0.0925. The van der Waals surface area contributed by atoms with Gasteiger partial charge in [0.05, 0.1) is 23.4 Å². The Balaban J connectivity index is 1.58. The summed E-state index contributed by atoms with van der Waals surface area (Å²) in [6.45, 7) is 4.30. The van der Waals surface area contributed by atoms with E-state index in [-0.39, 0.29) is 17.4 Å². The zero-order valence-corrected chi connectivity index (χ0v) is 16.6. The molecule has 0 saturated carbocycles. The van der Waals surface area contributed by atoms with Crippen LogP contribution in [0.15, 0.2) is 66.7 Å². The van der Waals surface area contributed by atoms with Gasteiger partial charge in [0, 0.05) is 11.3 Å². The Morgan fingerprint density at radius 2 is 1.63 bits per heavy atom. The first-order valence-corrected chi connectivity index (χ1v) is 9.62. The van der Waals surface area contributed by atoms with E-state index in [1.54, 1.807) is 42.5 Å². The molecule has 0 spiro atoms. The SMILES string of the molecule is CCOc1ccc(NC(=O)c2ccc3c(c2)C(=O)N(c2ccccc2C)C3=O)cc1. The molecule has 0 saturated heterocycles. The summed E-state index contributed by atoms with van der Waals surface area (Å²) in [6, 6.07) is 18.8. The maximum atomic E-state index is 13.0. The Bertz CT molecular complexity index is 1150. The van der Waals surface area contributed by atoms with E-state index in [4.69, 9.17) is 4.74 Å². The monoisotopic (exact) mass is 400 g/mol. The van der Waals surface area contributed by atoms with Gasteiger partial charge in [-0.25, -0.2) is 4.90 Å². The van der Waals surface area contributed by atoms with Gasteiger partial charge in [-0.1, -0.05) is 18.2 Å². The molecule has 6 nitrogen and oxygen atoms in total. The smallest absolute Gasteiger partial charge is 0.266 e. The molecule has 150 valence electrons. The molecule has 4 rings (SSSR count). The van der Waals surface area contributed by atoms with E-state index in [1.165, 1.54) is 12.1 Å². The standard InChI is InChI=1S/C24H20N2O4/c1-3-30-18-11-9-17(10-12-18)25-22(27)16-8-13-19-20(14-16)24(29)26(23(19)28)21-7-5-4-6-15(21)2/h4-14H,3H2,1-2H3,(H,25,27). The van der Waals surface area contributed by atoms with Gasteiger partial charge in [-0.05, 0) is 67.9 Å². The lowest BCUT2D eigenvalue weighted by Gasteiger charge is -2.16. The predicted molar refractivity (Wildman–Crippen MR) is 114 cm³/mol. The average molecular weight is 400 g/mol. The van der Waals surface area contributed by atoms with Crippen LogP contribution in [-0.2, 0) is 0 Å². The van der Waals surface area contributed by atoms with Gasteiger partial charge < -0.3 is 10.1 Å². The molecule has 3 aromatic rings. The van der Waals surface area contributed by atoms with Crippen molar-refractivity contribution in [1.82, 2.24) is 0 Å². The topological polar surface area (TPSA) is 75.7 Å². The molecular weight excluding hydrogens is 380 g/mol. The Hall–Kier alpha value is -3.93. The van der Waals surface area contributed by atoms with E-state index in [2.05, 4.69) is 5.32 Å². The summed E-state index contributed by atoms with van der Waals surface area (Å²) in [6.07, 6.45) is 0. The van der Waals surface area contributed by atoms with Crippen molar-refractivity contribution in [2.45, 2.75) is 13.8 Å². The zero-order valence-electron chi connectivity index (χ0n) is 16.6. The number of rotatable bonds is 5. The van der Waals surface area contributed by atoms with Crippen LogP contribution in [0.3, 0.4) is 0 Å². The molecule has 1 aliphatic heterocycles. The normalized spacial score (nSPS) is 12.7. The third-order valence-electron chi connectivity index (χ3n) is 4.93. The summed E-state index contributed by atoms with van der Waals surface area (Å²) in [5, 5.41) is 2.79. The number of anilines is 2. The molecule has 0 atom stereocenters. The highest BCUT2D eigenvalue weighted by Gasteiger charge is 2.37. The first-order valence-electron chi connectivity index (χ1n) is 9.62. The minimum Gasteiger partial charge on any atom is -0.494 e. The molecule has 3 aromatic carbocycles. The Morgan fingerprint density at radius 1 is 0.933 bits per heavy atom. The number of carbonyl (C=O) groups excluding carboxylic acids is 3. The number of ether oxygens (including phenoxy) is 1. The summed E-state index contributed by atoms with van der Waals surface area (Å²) in [5.41, 5.74) is 2.79. The fourth-order valence-electron chi connectivity index (χ4n) is 3.42. The van der Waals surface area contributed by atoms with E-state index in [9.17, 15) is 14.4 Å². The molecule has 0 aliphatic carbocycles. The number of hydrogen-bond donors (Lipinski definition) is 1. The summed E-state index contributed by atoms with van der Waals surface area (Å²) in [4.78, 5) is 39.6. The lowest BCUT2D eigenvalue weighted by atomic mass is 10.1. The maximum Gasteiger partial charge on any atom is 0.266 e. The summed E-state index contributed by atoms with van der Waals surface area (Å²) in [7, 11) is 0. The van der Waals surface area contributed by atoms with Crippen molar-refractivity contribution in [2.75, 3.05) is 16.8 Å². The molecule has 1 N–H and O–H groups in total. The van der Waals surface area contributed by atoms with Crippen LogP contribution in [0.4, 0.5) is 11.4 Å². The number of benzene rings is 3. The highest BCUT2D eigenvalue weighted by molar-refractivity contribution is 6.35. The van der Waals surface area contributed by atoms with Gasteiger partial charge >= 0.3 is 0 Å². The quantitative estimate of drug-likeness (QED) is 0.642. The second-order valence-electron chi connectivity index (χ2n) is 6.90. The van der Waals surface area contributed by atoms with Crippen molar-refractivity contribution in [3.8, 4) is 5.75 Å². The average Bonchev–Trinajstić information content (AvgIpc) is 3.00. The third-order valence-corrected chi connectivity index (χ3v) is 4.93. The van der Waals surface area contributed by atoms with Crippen LogP contribution in [0.25, 0.3) is 0 Å². The number of nitrogens with one attached hydrogen (secondary N) is 1. The predicted octanol–water partition coefficient (Wildman–Crippen LogP) is 4.45.